The average Bonchev–Trinajstić information content (AvgIpc) is 2.59. The second-order valence-corrected chi connectivity index (χ2v) is 4.66. The molecule has 0 N–H and O–H groups in total. The Kier molecular flexibility index (Phi) is 4.65. The van der Waals surface area contributed by atoms with Gasteiger partial charge in [-0.1, -0.05) is 54.6 Å². The van der Waals surface area contributed by atoms with Crippen LogP contribution in [0.5, 0.6) is 0 Å². The van der Waals surface area contributed by atoms with Gasteiger partial charge in [-0.05, 0) is 17.2 Å². The van der Waals surface area contributed by atoms with Crippen LogP contribution in [0, 0.1) is 0 Å². The van der Waals surface area contributed by atoms with Crippen LogP contribution in [0.15, 0.2) is 60.7 Å². The van der Waals surface area contributed by atoms with Crippen LogP contribution < -0.4 is 4.90 Å². The first kappa shape index (κ1) is 14.8. The van der Waals surface area contributed by atoms with Crippen LogP contribution in [-0.4, -0.2) is 36.9 Å². The number of para-hydroxylation sites is 1. The number of hydrogen-bond donors (Lipinski definition) is 0. The van der Waals surface area contributed by atoms with Crippen LogP contribution in [0.3, 0.4) is 0 Å². The van der Waals surface area contributed by atoms with E-state index in [1.807, 2.05) is 49.5 Å². The maximum absolute atomic E-state index is 12.0. The Morgan fingerprint density at radius 2 is 1.60 bits per heavy atom. The van der Waals surface area contributed by atoms with E-state index < -0.39 is 0 Å². The van der Waals surface area contributed by atoms with E-state index in [2.05, 4.69) is 18.2 Å². The maximum atomic E-state index is 12.0. The van der Waals surface area contributed by atoms with Gasteiger partial charge in [-0.2, -0.15) is 0 Å². The summed E-state index contributed by atoms with van der Waals surface area (Å²) in [5, 5.41) is 0. The number of anilines is 1. The quantitative estimate of drug-likeness (QED) is 0.709. The van der Waals surface area contributed by atoms with Gasteiger partial charge in [0, 0.05) is 42.9 Å². The van der Waals surface area contributed by atoms with Gasteiger partial charge in [0.05, 0.1) is 5.69 Å². The van der Waals surface area contributed by atoms with Gasteiger partial charge in [-0.25, -0.2) is 0 Å². The minimum absolute atomic E-state index is 0. The van der Waals surface area contributed by atoms with Gasteiger partial charge in [0.25, 0.3) is 0 Å². The zero-order chi connectivity index (χ0) is 13.2. The molecule has 0 saturated heterocycles. The van der Waals surface area contributed by atoms with Crippen molar-refractivity contribution in [3.63, 3.8) is 0 Å². The van der Waals surface area contributed by atoms with Gasteiger partial charge in [-0.3, -0.25) is 4.79 Å². The molecule has 2 nitrogen and oxygen atoms in total. The Morgan fingerprint density at radius 3 is 2.35 bits per heavy atom. The van der Waals surface area contributed by atoms with Gasteiger partial charge >= 0.3 is 0 Å². The first-order valence-electron chi connectivity index (χ1n) is 6.39. The van der Waals surface area contributed by atoms with Crippen LogP contribution in [0.1, 0.15) is 17.5 Å². The third kappa shape index (κ3) is 2.66. The smallest absolute Gasteiger partial charge is 0.230 e. The van der Waals surface area contributed by atoms with Crippen LogP contribution in [0.25, 0.3) is 5.57 Å². The van der Waals surface area contributed by atoms with E-state index in [0.29, 0.717) is 6.42 Å². The molecule has 2 aromatic rings. The van der Waals surface area contributed by atoms with E-state index in [1.54, 1.807) is 4.90 Å². The minimum atomic E-state index is 0. The second-order valence-electron chi connectivity index (χ2n) is 4.66. The fourth-order valence-electron chi connectivity index (χ4n) is 2.46. The Hall–Kier alpha value is -1.55. The molecule has 1 amide bonds. The van der Waals surface area contributed by atoms with Crippen LogP contribution in [0.2, 0.25) is 0 Å². The predicted octanol–water partition coefficient (Wildman–Crippen LogP) is 3.10. The number of hydrogen-bond acceptors (Lipinski definition) is 1. The van der Waals surface area contributed by atoms with E-state index in [-0.39, 0.29) is 29.8 Å². The SMILES string of the molecule is CN1C(=O)CC=C(c2ccccc2)c2ccccc21.[Sn]. The molecule has 0 aromatic heterocycles. The molecular formula is C17H15NOSn. The summed E-state index contributed by atoms with van der Waals surface area (Å²) in [7, 11) is 1.84. The number of amides is 1. The molecule has 1 aliphatic heterocycles. The summed E-state index contributed by atoms with van der Waals surface area (Å²) in [5.74, 6) is 0.124. The van der Waals surface area contributed by atoms with E-state index in [1.165, 1.54) is 0 Å². The van der Waals surface area contributed by atoms with Gasteiger partial charge in [0.15, 0.2) is 0 Å². The van der Waals surface area contributed by atoms with Gasteiger partial charge in [-0.15, -0.1) is 0 Å². The summed E-state index contributed by atoms with van der Waals surface area (Å²) in [6.45, 7) is 0. The first-order valence-corrected chi connectivity index (χ1v) is 6.39. The third-order valence-corrected chi connectivity index (χ3v) is 3.50. The molecule has 3 heteroatoms. The van der Waals surface area contributed by atoms with Crippen molar-refractivity contribution in [2.24, 2.45) is 0 Å². The van der Waals surface area contributed by atoms with E-state index in [4.69, 9.17) is 0 Å². The predicted molar refractivity (Wildman–Crippen MR) is 83.7 cm³/mol. The van der Waals surface area contributed by atoms with Gasteiger partial charge in [0.2, 0.25) is 5.91 Å². The van der Waals surface area contributed by atoms with Crippen molar-refractivity contribution in [2.45, 2.75) is 6.42 Å². The minimum Gasteiger partial charge on any atom is -0.315 e. The average molecular weight is 368 g/mol. The van der Waals surface area contributed by atoms with Crippen LogP contribution in [0.4, 0.5) is 5.69 Å². The largest absolute Gasteiger partial charge is 0.315 e. The summed E-state index contributed by atoms with van der Waals surface area (Å²) in [6.07, 6.45) is 2.47. The summed E-state index contributed by atoms with van der Waals surface area (Å²) in [4.78, 5) is 13.8. The van der Waals surface area contributed by atoms with Crippen molar-refractivity contribution >= 4 is 41.1 Å². The molecular weight excluding hydrogens is 353 g/mol. The van der Waals surface area contributed by atoms with Crippen LogP contribution in [-0.2, 0) is 4.79 Å². The van der Waals surface area contributed by atoms with Crippen molar-refractivity contribution in [3.8, 4) is 0 Å². The summed E-state index contributed by atoms with van der Waals surface area (Å²) in [5.41, 5.74) is 4.37. The maximum Gasteiger partial charge on any atom is 0.230 e. The molecule has 0 fully saturated rings. The molecule has 0 bridgehead atoms. The van der Waals surface area contributed by atoms with Gasteiger partial charge in [0.1, 0.15) is 0 Å². The van der Waals surface area contributed by atoms with Crippen molar-refractivity contribution in [3.05, 3.63) is 71.8 Å². The Bertz CT molecular complexity index is 649. The second kappa shape index (κ2) is 6.27. The van der Waals surface area contributed by atoms with E-state index in [0.717, 1.165) is 22.4 Å². The Balaban J connectivity index is 0.00000147. The normalized spacial score (nSPS) is 13.9. The summed E-state index contributed by atoms with van der Waals surface area (Å²) < 4.78 is 0. The number of carbonyl (C=O) groups excluding carboxylic acids is 1. The zero-order valence-corrected chi connectivity index (χ0v) is 14.2. The molecule has 0 unspecified atom stereocenters. The first-order chi connectivity index (χ1) is 9.27. The number of benzene rings is 2. The molecule has 0 atom stereocenters. The molecule has 98 valence electrons. The number of fused-ring (bicyclic) bond motifs is 1. The summed E-state index contributed by atoms with van der Waals surface area (Å²) >= 11 is 0. The zero-order valence-electron chi connectivity index (χ0n) is 11.3. The standard InChI is InChI=1S/C17H15NO.Sn/c1-18-16-10-6-5-9-15(16)14(11-12-17(18)19)13-7-3-2-4-8-13;/h2-11H,12H2,1H3;. The molecule has 2 aromatic carbocycles. The fourth-order valence-corrected chi connectivity index (χ4v) is 2.46. The number of nitrogens with zero attached hydrogens (tertiary/aromatic N) is 1. The molecule has 1 heterocycles. The molecule has 20 heavy (non-hydrogen) atoms. The molecule has 4 radical (unpaired) electrons. The fraction of sp³-hybridized carbons (Fsp3) is 0.118. The molecule has 1 aliphatic rings. The Labute approximate surface area is 136 Å². The number of carbonyl (C=O) groups is 1. The topological polar surface area (TPSA) is 20.3 Å². The molecule has 0 aliphatic carbocycles. The van der Waals surface area contributed by atoms with E-state index >= 15 is 0 Å². The summed E-state index contributed by atoms with van der Waals surface area (Å²) in [6, 6.07) is 18.3. The molecule has 3 rings (SSSR count). The van der Waals surface area contributed by atoms with Crippen molar-refractivity contribution in [1.29, 1.82) is 0 Å². The number of rotatable bonds is 1. The molecule has 0 spiro atoms. The monoisotopic (exact) mass is 369 g/mol. The third-order valence-electron chi connectivity index (χ3n) is 3.50. The van der Waals surface area contributed by atoms with E-state index in [9.17, 15) is 4.79 Å². The van der Waals surface area contributed by atoms with Crippen molar-refractivity contribution < 1.29 is 4.79 Å². The van der Waals surface area contributed by atoms with Crippen molar-refractivity contribution in [2.75, 3.05) is 11.9 Å². The molecule has 0 saturated carbocycles. The Morgan fingerprint density at radius 1 is 0.950 bits per heavy atom. The van der Waals surface area contributed by atoms with Gasteiger partial charge < -0.3 is 4.90 Å². The van der Waals surface area contributed by atoms with Crippen molar-refractivity contribution in [1.82, 2.24) is 0 Å². The van der Waals surface area contributed by atoms with Crippen LogP contribution >= 0.6 is 0 Å².